The number of fused-ring (bicyclic) bond motifs is 5. The molecule has 0 aromatic heterocycles. The lowest BCUT2D eigenvalue weighted by Gasteiger charge is -2.46. The molecule has 0 radical (unpaired) electrons. The van der Waals surface area contributed by atoms with Crippen LogP contribution in [0.25, 0.3) is 21.9 Å². The van der Waals surface area contributed by atoms with Gasteiger partial charge in [0, 0.05) is 22.6 Å². The van der Waals surface area contributed by atoms with E-state index in [1.54, 1.807) is 0 Å². The van der Waals surface area contributed by atoms with E-state index in [1.165, 1.54) is 44.3 Å². The summed E-state index contributed by atoms with van der Waals surface area (Å²) in [6, 6.07) is 54.5. The van der Waals surface area contributed by atoms with Crippen LogP contribution in [0.2, 0.25) is 0 Å². The topological polar surface area (TPSA) is 15.7 Å². The smallest absolute Gasteiger partial charge is 0.153 e. The van der Waals surface area contributed by atoms with Gasteiger partial charge in [-0.3, -0.25) is 0 Å². The quantitative estimate of drug-likeness (QED) is 0.198. The minimum Gasteiger partial charge on any atom is -0.453 e. The Morgan fingerprint density at radius 2 is 1.26 bits per heavy atom. The summed E-state index contributed by atoms with van der Waals surface area (Å²) in [4.78, 5) is 4.82. The maximum Gasteiger partial charge on any atom is 0.153 e. The SMILES string of the molecule is Cc1cccc2c1N1c3ccccc3C(C)(C)c3cc(N(c4ccc(-c5ccccc5)cc4)c4cccc5ccccc45)cc(c31)O2. The van der Waals surface area contributed by atoms with Crippen LogP contribution in [0.5, 0.6) is 11.5 Å². The first-order valence-corrected chi connectivity index (χ1v) is 16.3. The van der Waals surface area contributed by atoms with Crippen molar-refractivity contribution in [3.8, 4) is 22.6 Å². The molecule has 0 amide bonds. The van der Waals surface area contributed by atoms with Crippen LogP contribution < -0.4 is 14.5 Å². The van der Waals surface area contributed by atoms with E-state index in [2.05, 4.69) is 182 Å². The summed E-state index contributed by atoms with van der Waals surface area (Å²) < 4.78 is 6.87. The third kappa shape index (κ3) is 4.20. The average molecular weight is 607 g/mol. The Morgan fingerprint density at radius 3 is 2.11 bits per heavy atom. The van der Waals surface area contributed by atoms with E-state index in [9.17, 15) is 0 Å². The van der Waals surface area contributed by atoms with Crippen LogP contribution in [-0.2, 0) is 5.41 Å². The Morgan fingerprint density at radius 1 is 0.553 bits per heavy atom. The molecule has 0 aliphatic carbocycles. The van der Waals surface area contributed by atoms with Crippen LogP contribution >= 0.6 is 0 Å². The van der Waals surface area contributed by atoms with Crippen molar-refractivity contribution in [3.63, 3.8) is 0 Å². The lowest BCUT2D eigenvalue weighted by atomic mass is 9.73. The highest BCUT2D eigenvalue weighted by Crippen LogP contribution is 2.61. The van der Waals surface area contributed by atoms with Gasteiger partial charge in [-0.1, -0.05) is 123 Å². The Bertz CT molecular complexity index is 2320. The maximum absolute atomic E-state index is 6.87. The zero-order valence-electron chi connectivity index (χ0n) is 26.7. The van der Waals surface area contributed by atoms with E-state index in [4.69, 9.17) is 4.74 Å². The van der Waals surface area contributed by atoms with Gasteiger partial charge in [-0.2, -0.15) is 0 Å². The molecule has 2 aliphatic rings. The van der Waals surface area contributed by atoms with Gasteiger partial charge < -0.3 is 14.5 Å². The zero-order valence-corrected chi connectivity index (χ0v) is 26.7. The zero-order chi connectivity index (χ0) is 31.7. The molecule has 3 heteroatoms. The van der Waals surface area contributed by atoms with Crippen molar-refractivity contribution in [1.29, 1.82) is 0 Å². The number of anilines is 6. The van der Waals surface area contributed by atoms with Crippen LogP contribution in [0, 0.1) is 6.92 Å². The van der Waals surface area contributed by atoms with Gasteiger partial charge in [0.25, 0.3) is 0 Å². The summed E-state index contributed by atoms with van der Waals surface area (Å²) in [6.45, 7) is 6.85. The molecule has 0 spiro atoms. The van der Waals surface area contributed by atoms with Crippen LogP contribution in [-0.4, -0.2) is 0 Å². The Labute approximate surface area is 275 Å². The molecule has 0 bridgehead atoms. The summed E-state index contributed by atoms with van der Waals surface area (Å²) in [7, 11) is 0. The van der Waals surface area contributed by atoms with Gasteiger partial charge in [-0.25, -0.2) is 0 Å². The average Bonchev–Trinajstić information content (AvgIpc) is 3.11. The Balaban J connectivity index is 1.31. The molecule has 0 N–H and O–H groups in total. The second kappa shape index (κ2) is 10.4. The van der Waals surface area contributed by atoms with Crippen LogP contribution in [0.1, 0.15) is 30.5 Å². The van der Waals surface area contributed by atoms with Crippen molar-refractivity contribution in [2.24, 2.45) is 0 Å². The van der Waals surface area contributed by atoms with Crippen LogP contribution in [0.4, 0.5) is 34.1 Å². The molecule has 2 heterocycles. The van der Waals surface area contributed by atoms with Gasteiger partial charge in [0.1, 0.15) is 0 Å². The monoisotopic (exact) mass is 606 g/mol. The summed E-state index contributed by atoms with van der Waals surface area (Å²) in [6.07, 6.45) is 0. The lowest BCUT2D eigenvalue weighted by molar-refractivity contribution is 0.471. The van der Waals surface area contributed by atoms with Crippen LogP contribution in [0.15, 0.2) is 152 Å². The molecule has 47 heavy (non-hydrogen) atoms. The third-order valence-electron chi connectivity index (χ3n) is 9.92. The summed E-state index contributed by atoms with van der Waals surface area (Å²) in [5, 5.41) is 2.40. The van der Waals surface area contributed by atoms with Crippen molar-refractivity contribution in [3.05, 3.63) is 168 Å². The fraction of sp³-hybridized carbons (Fsp3) is 0.0909. The van der Waals surface area contributed by atoms with Crippen molar-refractivity contribution in [1.82, 2.24) is 0 Å². The molecule has 0 saturated carbocycles. The minimum absolute atomic E-state index is 0.266. The summed E-state index contributed by atoms with van der Waals surface area (Å²) >= 11 is 0. The first kappa shape index (κ1) is 27.5. The van der Waals surface area contributed by atoms with E-state index in [1.807, 2.05) is 0 Å². The van der Waals surface area contributed by atoms with Gasteiger partial charge in [-0.05, 0) is 76.5 Å². The first-order chi connectivity index (χ1) is 23.0. The molecule has 0 atom stereocenters. The van der Waals surface area contributed by atoms with Crippen molar-refractivity contribution in [2.45, 2.75) is 26.2 Å². The van der Waals surface area contributed by atoms with E-state index in [0.717, 1.165) is 39.9 Å². The number of rotatable bonds is 4. The first-order valence-electron chi connectivity index (χ1n) is 16.3. The maximum atomic E-state index is 6.87. The van der Waals surface area contributed by atoms with Gasteiger partial charge in [0.05, 0.1) is 28.4 Å². The van der Waals surface area contributed by atoms with Gasteiger partial charge in [-0.15, -0.1) is 0 Å². The van der Waals surface area contributed by atoms with E-state index < -0.39 is 0 Å². The standard InChI is InChI=1S/C44H34N2O/c1-29-13-11-22-40-42(29)46-39-20-10-9-19-36(39)44(2,3)37-27-34(28-41(47-40)43(37)46)45(38-21-12-17-32-16-7-8-18-35(32)38)33-25-23-31(24-26-33)30-14-5-4-6-15-30/h4-28H,1-3H3. The largest absolute Gasteiger partial charge is 0.453 e. The number of nitrogens with zero attached hydrogens (tertiary/aromatic N) is 2. The fourth-order valence-corrected chi connectivity index (χ4v) is 7.59. The van der Waals surface area contributed by atoms with Gasteiger partial charge in [0.15, 0.2) is 11.5 Å². The number of benzene rings is 7. The Kier molecular flexibility index (Phi) is 6.07. The molecule has 0 saturated heterocycles. The molecular weight excluding hydrogens is 572 g/mol. The highest BCUT2D eigenvalue weighted by Gasteiger charge is 2.42. The molecule has 0 unspecified atom stereocenters. The molecule has 9 rings (SSSR count). The van der Waals surface area contributed by atoms with Gasteiger partial charge in [0.2, 0.25) is 0 Å². The number of hydrogen-bond acceptors (Lipinski definition) is 3. The molecule has 7 aromatic rings. The second-order valence-corrected chi connectivity index (χ2v) is 13.1. The van der Waals surface area contributed by atoms with Crippen molar-refractivity contribution in [2.75, 3.05) is 9.80 Å². The molecule has 226 valence electrons. The number of ether oxygens (including phenoxy) is 1. The Hall–Kier alpha value is -5.80. The van der Waals surface area contributed by atoms with Crippen molar-refractivity contribution >= 4 is 44.9 Å². The molecule has 3 nitrogen and oxygen atoms in total. The number of aryl methyl sites for hydroxylation is 1. The minimum atomic E-state index is -0.266. The summed E-state index contributed by atoms with van der Waals surface area (Å²) in [5.74, 6) is 1.74. The van der Waals surface area contributed by atoms with E-state index in [0.29, 0.717) is 0 Å². The predicted octanol–water partition coefficient (Wildman–Crippen LogP) is 12.5. The van der Waals surface area contributed by atoms with E-state index >= 15 is 0 Å². The summed E-state index contributed by atoms with van der Waals surface area (Å²) in [5.41, 5.74) is 12.6. The molecule has 2 aliphatic heterocycles. The third-order valence-corrected chi connectivity index (χ3v) is 9.92. The highest BCUT2D eigenvalue weighted by atomic mass is 16.5. The highest BCUT2D eigenvalue weighted by molar-refractivity contribution is 6.01. The number of para-hydroxylation sites is 2. The van der Waals surface area contributed by atoms with Gasteiger partial charge >= 0.3 is 0 Å². The number of hydrogen-bond donors (Lipinski definition) is 0. The van der Waals surface area contributed by atoms with Crippen LogP contribution in [0.3, 0.4) is 0 Å². The normalized spacial score (nSPS) is 13.7. The molecular formula is C44H34N2O. The second-order valence-electron chi connectivity index (χ2n) is 13.1. The van der Waals surface area contributed by atoms with Crippen molar-refractivity contribution < 1.29 is 4.74 Å². The fourth-order valence-electron chi connectivity index (χ4n) is 7.59. The van der Waals surface area contributed by atoms with E-state index in [-0.39, 0.29) is 5.41 Å². The molecule has 0 fully saturated rings. The lowest BCUT2D eigenvalue weighted by Crippen LogP contribution is -2.33. The molecule has 7 aromatic carbocycles. The predicted molar refractivity (Wildman–Crippen MR) is 196 cm³/mol.